The maximum absolute atomic E-state index is 6.33. The lowest BCUT2D eigenvalue weighted by atomic mass is 9.46. The first-order chi connectivity index (χ1) is 19.9. The molecule has 2 saturated carbocycles. The van der Waals surface area contributed by atoms with Crippen LogP contribution in [0.4, 0.5) is 0 Å². The second kappa shape index (κ2) is 24.8. The third-order valence-electron chi connectivity index (χ3n) is 8.96. The molecule has 0 aromatic rings. The minimum absolute atomic E-state index is 0.314. The van der Waals surface area contributed by atoms with Crippen molar-refractivity contribution in [2.24, 2.45) is 34.5 Å². The van der Waals surface area contributed by atoms with Crippen LogP contribution >= 0.6 is 0 Å². The van der Waals surface area contributed by atoms with Gasteiger partial charge in [-0.05, 0) is 98.2 Å². The molecule has 42 heavy (non-hydrogen) atoms. The third kappa shape index (κ3) is 16.3. The van der Waals surface area contributed by atoms with E-state index in [-0.39, 0.29) is 0 Å². The summed E-state index contributed by atoms with van der Waals surface area (Å²) in [7, 11) is 0. The van der Waals surface area contributed by atoms with Crippen molar-refractivity contribution >= 4 is 6.21 Å². The molecule has 3 nitrogen and oxygen atoms in total. The molecule has 0 aliphatic heterocycles. The van der Waals surface area contributed by atoms with Crippen LogP contribution in [0, 0.1) is 39.9 Å². The van der Waals surface area contributed by atoms with Crippen LogP contribution < -0.4 is 0 Å². The van der Waals surface area contributed by atoms with Gasteiger partial charge in [0.25, 0.3) is 0 Å². The van der Waals surface area contributed by atoms with E-state index in [1.54, 1.807) is 0 Å². The molecule has 2 rings (SSSR count). The highest BCUT2D eigenvalue weighted by molar-refractivity contribution is 5.51. The lowest BCUT2D eigenvalue weighted by Crippen LogP contribution is -2.50. The molecule has 2 aliphatic carbocycles. The van der Waals surface area contributed by atoms with Crippen molar-refractivity contribution < 1.29 is 9.47 Å². The Morgan fingerprint density at radius 3 is 2.07 bits per heavy atom. The Bertz CT molecular complexity index is 738. The molecule has 0 aromatic carbocycles. The minimum atomic E-state index is 0.314. The molecular formula is C39H73NO2. The normalized spacial score (nSPS) is 26.4. The first-order valence-electron chi connectivity index (χ1n) is 17.2. The lowest BCUT2D eigenvalue weighted by Gasteiger charge is -2.59. The van der Waals surface area contributed by atoms with E-state index in [0.29, 0.717) is 30.0 Å². The first-order valence-corrected chi connectivity index (χ1v) is 17.2. The number of nitrogens with one attached hydrogen (secondary N) is 1. The molecule has 3 heteroatoms. The standard InChI is InChI=1S/C30H52O2.C4H10.C3H7N.C2H4/c1-8-11-14-24(4)30(7)18-13-17-29(6)23-27(26(10-3)22-28(29)30)16-15-25(5)32-21-20-31-19-12-9-2;1-4(2)3;1-2-3-4;1-2/h15-16,26-28H,4-5,8-14,17-23H2,1-3,6-7H3;4H,1-3H3;3-4H,2H2,1H3;1-2H2/b16-15+;;;. The van der Waals surface area contributed by atoms with Gasteiger partial charge in [0.05, 0.1) is 6.61 Å². The summed E-state index contributed by atoms with van der Waals surface area (Å²) < 4.78 is 11.4. The number of ether oxygens (including phenoxy) is 2. The highest BCUT2D eigenvalue weighted by Gasteiger charge is 2.53. The van der Waals surface area contributed by atoms with Crippen LogP contribution in [-0.4, -0.2) is 26.0 Å². The zero-order valence-corrected chi connectivity index (χ0v) is 29.8. The van der Waals surface area contributed by atoms with Crippen molar-refractivity contribution in [2.45, 2.75) is 139 Å². The SMILES string of the molecule is C=C.C=C(/C=C/C1CC2(C)CCCC(C)(C(=C)CCCC)C2CC1CC)OCCOCCCC.CC(C)C.CCC=N. The van der Waals surface area contributed by atoms with Gasteiger partial charge in [0, 0.05) is 6.61 Å². The Labute approximate surface area is 264 Å². The van der Waals surface area contributed by atoms with Gasteiger partial charge in [0.15, 0.2) is 0 Å². The monoisotopic (exact) mass is 588 g/mol. The van der Waals surface area contributed by atoms with Gasteiger partial charge < -0.3 is 14.9 Å². The van der Waals surface area contributed by atoms with Crippen molar-refractivity contribution in [3.05, 3.63) is 49.8 Å². The summed E-state index contributed by atoms with van der Waals surface area (Å²) in [6, 6.07) is 0. The summed E-state index contributed by atoms with van der Waals surface area (Å²) in [6.45, 7) is 37.2. The topological polar surface area (TPSA) is 42.3 Å². The van der Waals surface area contributed by atoms with E-state index in [1.807, 2.05) is 6.92 Å². The van der Waals surface area contributed by atoms with E-state index in [1.165, 1.54) is 76.0 Å². The summed E-state index contributed by atoms with van der Waals surface area (Å²) in [6.07, 6.45) is 20.7. The van der Waals surface area contributed by atoms with E-state index < -0.39 is 0 Å². The quantitative estimate of drug-likeness (QED) is 0.0680. The maximum Gasteiger partial charge on any atom is 0.111 e. The molecule has 1 N–H and O–H groups in total. The van der Waals surface area contributed by atoms with Gasteiger partial charge in [-0.3, -0.25) is 0 Å². The minimum Gasteiger partial charge on any atom is -0.492 e. The third-order valence-corrected chi connectivity index (χ3v) is 8.96. The Kier molecular flexibility index (Phi) is 25.1. The van der Waals surface area contributed by atoms with Crippen LogP contribution in [0.1, 0.15) is 139 Å². The molecule has 0 aromatic heterocycles. The van der Waals surface area contributed by atoms with Crippen LogP contribution in [0.3, 0.4) is 0 Å². The number of rotatable bonds is 15. The average Bonchev–Trinajstić information content (AvgIpc) is 2.97. The summed E-state index contributed by atoms with van der Waals surface area (Å²) >= 11 is 0. The zero-order chi connectivity index (χ0) is 32.6. The molecule has 0 spiro atoms. The van der Waals surface area contributed by atoms with Gasteiger partial charge in [0.1, 0.15) is 12.4 Å². The largest absolute Gasteiger partial charge is 0.492 e. The van der Waals surface area contributed by atoms with Crippen molar-refractivity contribution in [1.29, 1.82) is 5.41 Å². The number of allylic oxidation sites excluding steroid dienone is 3. The van der Waals surface area contributed by atoms with E-state index in [9.17, 15) is 0 Å². The fourth-order valence-corrected chi connectivity index (χ4v) is 6.60. The van der Waals surface area contributed by atoms with Gasteiger partial charge in [-0.2, -0.15) is 0 Å². The van der Waals surface area contributed by atoms with Gasteiger partial charge >= 0.3 is 0 Å². The molecule has 2 fully saturated rings. The smallest absolute Gasteiger partial charge is 0.111 e. The number of hydrogen-bond donors (Lipinski definition) is 1. The van der Waals surface area contributed by atoms with Crippen molar-refractivity contribution in [3.8, 4) is 0 Å². The van der Waals surface area contributed by atoms with Gasteiger partial charge in [0.2, 0.25) is 0 Å². The number of unbranched alkanes of at least 4 members (excludes halogenated alkanes) is 2. The van der Waals surface area contributed by atoms with Crippen LogP contribution in [0.2, 0.25) is 0 Å². The Morgan fingerprint density at radius 1 is 0.952 bits per heavy atom. The molecular weight excluding hydrogens is 514 g/mol. The van der Waals surface area contributed by atoms with Crippen LogP contribution in [0.15, 0.2) is 49.8 Å². The fraction of sp³-hybridized carbons (Fsp3) is 0.769. The molecule has 5 unspecified atom stereocenters. The van der Waals surface area contributed by atoms with Crippen molar-refractivity contribution in [2.75, 3.05) is 19.8 Å². The molecule has 0 radical (unpaired) electrons. The average molecular weight is 588 g/mol. The zero-order valence-electron chi connectivity index (χ0n) is 29.8. The lowest BCUT2D eigenvalue weighted by molar-refractivity contribution is -0.0577. The van der Waals surface area contributed by atoms with E-state index in [2.05, 4.69) is 93.9 Å². The first kappa shape index (κ1) is 42.5. The molecule has 5 atom stereocenters. The predicted octanol–water partition coefficient (Wildman–Crippen LogP) is 12.4. The summed E-state index contributed by atoms with van der Waals surface area (Å²) in [5, 5.41) is 6.33. The summed E-state index contributed by atoms with van der Waals surface area (Å²) in [5.41, 5.74) is 2.26. The molecule has 2 aliphatic rings. The Hall–Kier alpha value is -1.61. The molecule has 246 valence electrons. The maximum atomic E-state index is 6.33. The molecule has 0 amide bonds. The molecule has 0 bridgehead atoms. The van der Waals surface area contributed by atoms with Gasteiger partial charge in [-0.1, -0.05) is 113 Å². The summed E-state index contributed by atoms with van der Waals surface area (Å²) in [5.74, 6) is 3.73. The predicted molar refractivity (Wildman–Crippen MR) is 190 cm³/mol. The second-order valence-electron chi connectivity index (χ2n) is 13.4. The van der Waals surface area contributed by atoms with Gasteiger partial charge in [-0.25, -0.2) is 0 Å². The van der Waals surface area contributed by atoms with Gasteiger partial charge in [-0.15, -0.1) is 13.2 Å². The molecule has 0 saturated heterocycles. The number of hydrogen-bond acceptors (Lipinski definition) is 3. The highest BCUT2D eigenvalue weighted by atomic mass is 16.5. The Morgan fingerprint density at radius 2 is 1.55 bits per heavy atom. The number of fused-ring (bicyclic) bond motifs is 1. The highest BCUT2D eigenvalue weighted by Crippen LogP contribution is 2.63. The fourth-order valence-electron chi connectivity index (χ4n) is 6.60. The van der Waals surface area contributed by atoms with E-state index in [0.717, 1.165) is 43.0 Å². The van der Waals surface area contributed by atoms with Crippen molar-refractivity contribution in [1.82, 2.24) is 0 Å². The van der Waals surface area contributed by atoms with E-state index >= 15 is 0 Å². The van der Waals surface area contributed by atoms with Crippen molar-refractivity contribution in [3.63, 3.8) is 0 Å². The van der Waals surface area contributed by atoms with Crippen LogP contribution in [0.5, 0.6) is 0 Å². The summed E-state index contributed by atoms with van der Waals surface area (Å²) in [4.78, 5) is 0. The van der Waals surface area contributed by atoms with E-state index in [4.69, 9.17) is 14.9 Å². The Balaban J connectivity index is 0. The molecule has 0 heterocycles. The second-order valence-corrected chi connectivity index (χ2v) is 13.4. The van der Waals surface area contributed by atoms with Crippen LogP contribution in [0.25, 0.3) is 0 Å². The van der Waals surface area contributed by atoms with Crippen LogP contribution in [-0.2, 0) is 9.47 Å².